The molecule has 7 nitrogen and oxygen atoms in total. The van der Waals surface area contributed by atoms with Crippen molar-refractivity contribution in [2.24, 2.45) is 15.6 Å². The number of hydrogen-bond donors (Lipinski definition) is 3. The summed E-state index contributed by atoms with van der Waals surface area (Å²) in [4.78, 5) is 11.2. The number of azo groups is 1. The van der Waals surface area contributed by atoms with Crippen molar-refractivity contribution in [2.45, 2.75) is 64.2 Å². The zero-order valence-corrected chi connectivity index (χ0v) is 19.9. The molecule has 0 fully saturated rings. The Morgan fingerprint density at radius 1 is 0.706 bits per heavy atom. The highest BCUT2D eigenvalue weighted by atomic mass is 16.5. The maximum atomic E-state index is 11.2. The first-order valence-electron chi connectivity index (χ1n) is 12.2. The Labute approximate surface area is 202 Å². The minimum atomic E-state index is -1.39. The molecule has 0 amide bonds. The maximum Gasteiger partial charge on any atom is 0.314 e. The summed E-state index contributed by atoms with van der Waals surface area (Å²) in [5, 5.41) is 36.2. The third-order valence-corrected chi connectivity index (χ3v) is 6.00. The van der Waals surface area contributed by atoms with Crippen LogP contribution < -0.4 is 4.74 Å². The van der Waals surface area contributed by atoms with Gasteiger partial charge in [-0.25, -0.2) is 0 Å². The maximum absolute atomic E-state index is 11.2. The first-order chi connectivity index (χ1) is 16.6. The van der Waals surface area contributed by atoms with E-state index < -0.39 is 24.6 Å². The number of aliphatic hydroxyl groups is 2. The number of unbranched alkanes of at least 4 members (excludes halogenated alkanes) is 8. The molecule has 0 aliphatic carbocycles. The van der Waals surface area contributed by atoms with Gasteiger partial charge in [-0.05, 0) is 49.2 Å². The van der Waals surface area contributed by atoms with Crippen molar-refractivity contribution >= 4 is 17.3 Å². The lowest BCUT2D eigenvalue weighted by molar-refractivity contribution is -0.155. The van der Waals surface area contributed by atoms with Crippen LogP contribution in [0.2, 0.25) is 0 Å². The van der Waals surface area contributed by atoms with Crippen LogP contribution in [0.5, 0.6) is 5.75 Å². The Morgan fingerprint density at radius 3 is 1.74 bits per heavy atom. The molecule has 0 saturated carbocycles. The number of carbonyl (C=O) groups is 1. The Morgan fingerprint density at radius 2 is 1.21 bits per heavy atom. The fourth-order valence-corrected chi connectivity index (χ4v) is 3.66. The van der Waals surface area contributed by atoms with E-state index in [-0.39, 0.29) is 0 Å². The quantitative estimate of drug-likeness (QED) is 0.171. The number of aliphatic carboxylic acids is 1. The van der Waals surface area contributed by atoms with E-state index in [1.807, 2.05) is 54.6 Å². The van der Waals surface area contributed by atoms with Crippen molar-refractivity contribution in [3.8, 4) is 5.75 Å². The number of hydrogen-bond acceptors (Lipinski definition) is 6. The van der Waals surface area contributed by atoms with Crippen LogP contribution in [-0.2, 0) is 4.79 Å². The molecule has 3 N–H and O–H groups in total. The van der Waals surface area contributed by atoms with E-state index in [9.17, 15) is 20.1 Å². The van der Waals surface area contributed by atoms with Gasteiger partial charge in [0.15, 0.2) is 0 Å². The summed E-state index contributed by atoms with van der Waals surface area (Å²) in [5.74, 6) is -0.281. The molecule has 0 saturated heterocycles. The molecule has 0 bridgehead atoms. The van der Waals surface area contributed by atoms with E-state index >= 15 is 0 Å². The van der Waals surface area contributed by atoms with Crippen molar-refractivity contribution in [2.75, 3.05) is 19.8 Å². The Bertz CT molecular complexity index is 836. The third kappa shape index (κ3) is 10.0. The Kier molecular flexibility index (Phi) is 12.9. The zero-order valence-electron chi connectivity index (χ0n) is 19.9. The van der Waals surface area contributed by atoms with Crippen molar-refractivity contribution in [3.63, 3.8) is 0 Å². The molecule has 0 spiro atoms. The Balaban J connectivity index is 1.46. The van der Waals surface area contributed by atoms with Crippen LogP contribution in [0.15, 0.2) is 64.8 Å². The van der Waals surface area contributed by atoms with Crippen molar-refractivity contribution in [1.82, 2.24) is 0 Å². The summed E-state index contributed by atoms with van der Waals surface area (Å²) in [6.07, 6.45) is 9.83. The first kappa shape index (κ1) is 27.5. The van der Waals surface area contributed by atoms with E-state index in [1.54, 1.807) is 0 Å². The SMILES string of the molecule is O=C(O)C(CO)(CO)CCCCCCCCCCCOc1ccc(N=Nc2ccccc2)cc1. The van der Waals surface area contributed by atoms with Gasteiger partial charge in [0.2, 0.25) is 0 Å². The number of carboxylic acid groups (broad SMARTS) is 1. The molecule has 7 heteroatoms. The van der Waals surface area contributed by atoms with Gasteiger partial charge < -0.3 is 20.1 Å². The molecular weight excluding hydrogens is 432 g/mol. The highest BCUT2D eigenvalue weighted by Gasteiger charge is 2.36. The molecule has 2 aromatic rings. The standard InChI is InChI=1S/C27H38N2O5/c30-21-27(22-31,26(32)33)19-11-6-4-2-1-3-5-7-12-20-34-25-17-15-24(16-18-25)29-28-23-13-9-8-10-14-23/h8-10,13-18,30-31H,1-7,11-12,19-22H2,(H,32,33). The van der Waals surface area contributed by atoms with Crippen LogP contribution in [0.3, 0.4) is 0 Å². The van der Waals surface area contributed by atoms with Crippen LogP contribution >= 0.6 is 0 Å². The summed E-state index contributed by atoms with van der Waals surface area (Å²) in [5.41, 5.74) is 0.224. The molecule has 2 rings (SSSR count). The van der Waals surface area contributed by atoms with Gasteiger partial charge in [0.25, 0.3) is 0 Å². The van der Waals surface area contributed by atoms with Gasteiger partial charge in [-0.3, -0.25) is 4.79 Å². The second kappa shape index (κ2) is 16.0. The number of ether oxygens (including phenoxy) is 1. The number of rotatable bonds is 18. The summed E-state index contributed by atoms with van der Waals surface area (Å²) in [6.45, 7) is -0.338. The minimum Gasteiger partial charge on any atom is -0.494 e. The Hall–Kier alpha value is -2.77. The van der Waals surface area contributed by atoms with Gasteiger partial charge in [0.1, 0.15) is 11.2 Å². The van der Waals surface area contributed by atoms with Gasteiger partial charge in [-0.2, -0.15) is 10.2 Å². The van der Waals surface area contributed by atoms with Gasteiger partial charge in [0.05, 0.1) is 31.2 Å². The largest absolute Gasteiger partial charge is 0.494 e. The lowest BCUT2D eigenvalue weighted by Crippen LogP contribution is -2.38. The molecule has 0 radical (unpaired) electrons. The zero-order chi connectivity index (χ0) is 24.5. The number of nitrogens with zero attached hydrogens (tertiary/aromatic N) is 2. The van der Waals surface area contributed by atoms with Gasteiger partial charge >= 0.3 is 5.97 Å². The van der Waals surface area contributed by atoms with Crippen LogP contribution in [0.1, 0.15) is 64.2 Å². The molecule has 0 atom stereocenters. The number of aliphatic hydroxyl groups excluding tert-OH is 2. The van der Waals surface area contributed by atoms with Crippen molar-refractivity contribution < 1.29 is 24.9 Å². The topological polar surface area (TPSA) is 112 Å². The van der Waals surface area contributed by atoms with Gasteiger partial charge in [0, 0.05) is 0 Å². The third-order valence-electron chi connectivity index (χ3n) is 6.00. The van der Waals surface area contributed by atoms with Crippen LogP contribution in [0.25, 0.3) is 0 Å². The first-order valence-corrected chi connectivity index (χ1v) is 12.2. The minimum absolute atomic E-state index is 0.315. The van der Waals surface area contributed by atoms with Crippen molar-refractivity contribution in [1.29, 1.82) is 0 Å². The predicted molar refractivity (Wildman–Crippen MR) is 133 cm³/mol. The van der Waals surface area contributed by atoms with Crippen LogP contribution in [0, 0.1) is 5.41 Å². The van der Waals surface area contributed by atoms with Crippen molar-refractivity contribution in [3.05, 3.63) is 54.6 Å². The number of carboxylic acids is 1. The average Bonchev–Trinajstić information content (AvgIpc) is 2.87. The molecule has 2 aromatic carbocycles. The van der Waals surface area contributed by atoms with E-state index in [0.717, 1.165) is 49.2 Å². The molecule has 34 heavy (non-hydrogen) atoms. The van der Waals surface area contributed by atoms with E-state index in [0.29, 0.717) is 19.4 Å². The molecule has 0 aromatic heterocycles. The van der Waals surface area contributed by atoms with Gasteiger partial charge in [-0.15, -0.1) is 0 Å². The monoisotopic (exact) mass is 470 g/mol. The summed E-state index contributed by atoms with van der Waals surface area (Å²) in [6, 6.07) is 17.3. The molecular formula is C27H38N2O5. The van der Waals surface area contributed by atoms with Crippen LogP contribution in [0.4, 0.5) is 11.4 Å². The normalized spacial score (nSPS) is 11.7. The summed E-state index contributed by atoms with van der Waals surface area (Å²) < 4.78 is 5.81. The second-order valence-electron chi connectivity index (χ2n) is 8.71. The average molecular weight is 471 g/mol. The lowest BCUT2D eigenvalue weighted by Gasteiger charge is -2.24. The molecule has 0 unspecified atom stereocenters. The fourth-order valence-electron chi connectivity index (χ4n) is 3.66. The van der Waals surface area contributed by atoms with E-state index in [1.165, 1.54) is 19.3 Å². The fraction of sp³-hybridized carbons (Fsp3) is 0.519. The summed E-state index contributed by atoms with van der Waals surface area (Å²) in [7, 11) is 0. The van der Waals surface area contributed by atoms with E-state index in [2.05, 4.69) is 10.2 Å². The van der Waals surface area contributed by atoms with Crippen LogP contribution in [-0.4, -0.2) is 41.1 Å². The highest BCUT2D eigenvalue weighted by molar-refractivity contribution is 5.74. The smallest absolute Gasteiger partial charge is 0.314 e. The molecule has 0 aliphatic heterocycles. The molecule has 0 aliphatic rings. The summed E-state index contributed by atoms with van der Waals surface area (Å²) >= 11 is 0. The highest BCUT2D eigenvalue weighted by Crippen LogP contribution is 2.25. The second-order valence-corrected chi connectivity index (χ2v) is 8.71. The lowest BCUT2D eigenvalue weighted by atomic mass is 9.84. The molecule has 0 heterocycles. The van der Waals surface area contributed by atoms with Gasteiger partial charge in [-0.1, -0.05) is 69.6 Å². The number of benzene rings is 2. The molecule has 186 valence electrons. The van der Waals surface area contributed by atoms with E-state index in [4.69, 9.17) is 4.74 Å². The predicted octanol–water partition coefficient (Wildman–Crippen LogP) is 6.44.